The fourth-order valence-corrected chi connectivity index (χ4v) is 4.47. The highest BCUT2D eigenvalue weighted by molar-refractivity contribution is 5.85. The van der Waals surface area contributed by atoms with Crippen LogP contribution in [0.3, 0.4) is 0 Å². The van der Waals surface area contributed by atoms with Gasteiger partial charge in [-0.25, -0.2) is 4.39 Å². The van der Waals surface area contributed by atoms with Crippen molar-refractivity contribution in [2.75, 3.05) is 0 Å². The Morgan fingerprint density at radius 3 is 2.03 bits per heavy atom. The van der Waals surface area contributed by atoms with Crippen LogP contribution in [-0.4, -0.2) is 0 Å². The van der Waals surface area contributed by atoms with Gasteiger partial charge in [-0.05, 0) is 78.9 Å². The Bertz CT molecular complexity index is 1300. The summed E-state index contributed by atoms with van der Waals surface area (Å²) < 4.78 is 15.2. The van der Waals surface area contributed by atoms with Crippen molar-refractivity contribution >= 4 is 10.8 Å². The maximum atomic E-state index is 15.2. The molecule has 4 aromatic carbocycles. The van der Waals surface area contributed by atoms with E-state index in [2.05, 4.69) is 62.1 Å². The third-order valence-electron chi connectivity index (χ3n) is 6.71. The predicted molar refractivity (Wildman–Crippen MR) is 147 cm³/mol. The molecule has 0 bridgehead atoms. The largest absolute Gasteiger partial charge is 0.206 e. The highest BCUT2D eigenvalue weighted by Crippen LogP contribution is 2.24. The van der Waals surface area contributed by atoms with Crippen LogP contribution < -0.4 is 0 Å². The summed E-state index contributed by atoms with van der Waals surface area (Å²) >= 11 is 0. The standard InChI is InChI=1S/C34H35F/c1-3-4-5-6-7-8-27-13-15-29(16-14-27)19-21-31-22-23-32-25-30(20-24-33(32)34(31)35)18-17-28-11-9-26(2)10-12-28/h9-16,20,22-25H,3-8,19,21H2,1-2H3. The third kappa shape index (κ3) is 7.06. The van der Waals surface area contributed by atoms with Crippen LogP contribution in [0.25, 0.3) is 10.8 Å². The van der Waals surface area contributed by atoms with Gasteiger partial charge < -0.3 is 0 Å². The molecule has 0 spiro atoms. The Hall–Kier alpha value is -3.37. The van der Waals surface area contributed by atoms with Crippen molar-refractivity contribution < 1.29 is 4.39 Å². The number of benzene rings is 4. The molecule has 0 saturated heterocycles. The molecule has 0 heterocycles. The van der Waals surface area contributed by atoms with Gasteiger partial charge in [-0.2, -0.15) is 0 Å². The minimum atomic E-state index is -0.107. The Balaban J connectivity index is 1.37. The summed E-state index contributed by atoms with van der Waals surface area (Å²) in [5.74, 6) is 6.30. The molecule has 0 aromatic heterocycles. The minimum Gasteiger partial charge on any atom is -0.206 e. The zero-order valence-corrected chi connectivity index (χ0v) is 21.0. The molecular weight excluding hydrogens is 427 g/mol. The van der Waals surface area contributed by atoms with Crippen LogP contribution in [0.2, 0.25) is 0 Å². The van der Waals surface area contributed by atoms with Crippen LogP contribution in [0, 0.1) is 24.6 Å². The van der Waals surface area contributed by atoms with E-state index in [0.717, 1.165) is 34.9 Å². The average Bonchev–Trinajstić information content (AvgIpc) is 2.88. The Morgan fingerprint density at radius 1 is 0.629 bits per heavy atom. The lowest BCUT2D eigenvalue weighted by Gasteiger charge is -2.08. The number of halogens is 1. The van der Waals surface area contributed by atoms with E-state index in [1.807, 2.05) is 42.5 Å². The van der Waals surface area contributed by atoms with E-state index in [0.29, 0.717) is 11.8 Å². The maximum absolute atomic E-state index is 15.2. The van der Waals surface area contributed by atoms with Crippen molar-refractivity contribution in [3.63, 3.8) is 0 Å². The van der Waals surface area contributed by atoms with Crippen LogP contribution in [0.5, 0.6) is 0 Å². The van der Waals surface area contributed by atoms with Crippen molar-refractivity contribution in [2.45, 2.75) is 65.2 Å². The topological polar surface area (TPSA) is 0 Å². The molecule has 35 heavy (non-hydrogen) atoms. The van der Waals surface area contributed by atoms with Gasteiger partial charge in [-0.15, -0.1) is 0 Å². The molecule has 0 saturated carbocycles. The van der Waals surface area contributed by atoms with E-state index in [1.54, 1.807) is 0 Å². The van der Waals surface area contributed by atoms with Crippen LogP contribution in [0.15, 0.2) is 78.9 Å². The van der Waals surface area contributed by atoms with Gasteiger partial charge in [0.1, 0.15) is 5.82 Å². The first-order valence-electron chi connectivity index (χ1n) is 13.0. The van der Waals surface area contributed by atoms with E-state index >= 15 is 4.39 Å². The average molecular weight is 463 g/mol. The molecule has 178 valence electrons. The summed E-state index contributed by atoms with van der Waals surface area (Å²) in [6.07, 6.45) is 9.25. The predicted octanol–water partition coefficient (Wildman–Crippen LogP) is 8.99. The number of aryl methyl sites for hydroxylation is 4. The lowest BCUT2D eigenvalue weighted by molar-refractivity contribution is 0.620. The minimum absolute atomic E-state index is 0.107. The Kier molecular flexibility index (Phi) is 8.74. The van der Waals surface area contributed by atoms with Gasteiger partial charge >= 0.3 is 0 Å². The maximum Gasteiger partial charge on any atom is 0.134 e. The van der Waals surface area contributed by atoms with E-state index in [4.69, 9.17) is 0 Å². The summed E-state index contributed by atoms with van der Waals surface area (Å²) in [7, 11) is 0. The fraction of sp³-hybridized carbons (Fsp3) is 0.294. The Labute approximate surface area is 210 Å². The molecular formula is C34H35F. The van der Waals surface area contributed by atoms with Crippen LogP contribution in [0.4, 0.5) is 4.39 Å². The van der Waals surface area contributed by atoms with Gasteiger partial charge in [0.2, 0.25) is 0 Å². The highest BCUT2D eigenvalue weighted by Gasteiger charge is 2.08. The van der Waals surface area contributed by atoms with Gasteiger partial charge in [-0.1, -0.05) is 105 Å². The third-order valence-corrected chi connectivity index (χ3v) is 6.71. The lowest BCUT2D eigenvalue weighted by atomic mass is 9.98. The van der Waals surface area contributed by atoms with Gasteiger partial charge in [-0.3, -0.25) is 0 Å². The van der Waals surface area contributed by atoms with Crippen molar-refractivity contribution in [3.05, 3.63) is 118 Å². The molecule has 0 aliphatic heterocycles. The first-order valence-corrected chi connectivity index (χ1v) is 13.0. The molecule has 0 nitrogen and oxygen atoms in total. The second-order valence-corrected chi connectivity index (χ2v) is 9.57. The number of unbranched alkanes of at least 4 members (excludes halogenated alkanes) is 4. The smallest absolute Gasteiger partial charge is 0.134 e. The molecule has 0 aliphatic carbocycles. The van der Waals surface area contributed by atoms with Gasteiger partial charge in [0.15, 0.2) is 0 Å². The first-order chi connectivity index (χ1) is 17.1. The molecule has 0 N–H and O–H groups in total. The molecule has 0 radical (unpaired) electrons. The summed E-state index contributed by atoms with van der Waals surface area (Å²) in [5.41, 5.74) is 6.55. The van der Waals surface area contributed by atoms with E-state index in [1.165, 1.54) is 48.8 Å². The van der Waals surface area contributed by atoms with Crippen molar-refractivity contribution in [3.8, 4) is 11.8 Å². The summed E-state index contributed by atoms with van der Waals surface area (Å²) in [6, 6.07) is 26.8. The zero-order chi connectivity index (χ0) is 24.5. The quantitative estimate of drug-likeness (QED) is 0.172. The van der Waals surface area contributed by atoms with Gasteiger partial charge in [0, 0.05) is 16.5 Å². The normalized spacial score (nSPS) is 10.8. The number of fused-ring (bicyclic) bond motifs is 1. The van der Waals surface area contributed by atoms with Crippen LogP contribution in [0.1, 0.15) is 72.4 Å². The number of hydrogen-bond acceptors (Lipinski definition) is 0. The molecule has 0 atom stereocenters. The molecule has 4 rings (SSSR count). The number of rotatable bonds is 9. The van der Waals surface area contributed by atoms with Crippen molar-refractivity contribution in [2.24, 2.45) is 0 Å². The molecule has 0 aliphatic rings. The summed E-state index contributed by atoms with van der Waals surface area (Å²) in [5, 5.41) is 1.56. The SMILES string of the molecule is CCCCCCCc1ccc(CCc2ccc3cc(C#Cc4ccc(C)cc4)ccc3c2F)cc1. The van der Waals surface area contributed by atoms with Gasteiger partial charge in [0.25, 0.3) is 0 Å². The molecule has 4 aromatic rings. The Morgan fingerprint density at radius 2 is 1.29 bits per heavy atom. The fourth-order valence-electron chi connectivity index (χ4n) is 4.47. The second-order valence-electron chi connectivity index (χ2n) is 9.57. The number of hydrogen-bond donors (Lipinski definition) is 0. The highest BCUT2D eigenvalue weighted by atomic mass is 19.1. The second kappa shape index (κ2) is 12.4. The molecule has 0 amide bonds. The molecule has 1 heteroatoms. The van der Waals surface area contributed by atoms with Crippen LogP contribution in [-0.2, 0) is 19.3 Å². The monoisotopic (exact) mass is 462 g/mol. The van der Waals surface area contributed by atoms with Crippen molar-refractivity contribution in [1.82, 2.24) is 0 Å². The van der Waals surface area contributed by atoms with E-state index in [9.17, 15) is 0 Å². The zero-order valence-electron chi connectivity index (χ0n) is 21.0. The molecule has 0 fully saturated rings. The van der Waals surface area contributed by atoms with Crippen molar-refractivity contribution in [1.29, 1.82) is 0 Å². The molecule has 0 unspecified atom stereocenters. The first kappa shape index (κ1) is 24.7. The lowest BCUT2D eigenvalue weighted by Crippen LogP contribution is -1.96. The summed E-state index contributed by atoms with van der Waals surface area (Å²) in [6.45, 7) is 4.32. The van der Waals surface area contributed by atoms with E-state index in [-0.39, 0.29) is 5.82 Å². The van der Waals surface area contributed by atoms with Gasteiger partial charge in [0.05, 0.1) is 0 Å². The van der Waals surface area contributed by atoms with E-state index < -0.39 is 0 Å². The van der Waals surface area contributed by atoms with Crippen LogP contribution >= 0.6 is 0 Å². The summed E-state index contributed by atoms with van der Waals surface area (Å²) in [4.78, 5) is 0.